The Morgan fingerprint density at radius 3 is 2.68 bits per heavy atom. The van der Waals surface area contributed by atoms with E-state index in [4.69, 9.17) is 5.73 Å². The molecule has 1 aliphatic rings. The van der Waals surface area contributed by atoms with Crippen LogP contribution in [0.5, 0.6) is 0 Å². The van der Waals surface area contributed by atoms with E-state index >= 15 is 0 Å². The summed E-state index contributed by atoms with van der Waals surface area (Å²) in [6.07, 6.45) is 3.49. The van der Waals surface area contributed by atoms with Crippen LogP contribution >= 0.6 is 0 Å². The van der Waals surface area contributed by atoms with Crippen molar-refractivity contribution in [2.45, 2.75) is 19.8 Å². The van der Waals surface area contributed by atoms with Crippen molar-refractivity contribution in [3.05, 3.63) is 40.3 Å². The summed E-state index contributed by atoms with van der Waals surface area (Å²) in [5.41, 5.74) is 5.76. The van der Waals surface area contributed by atoms with Gasteiger partial charge in [-0.15, -0.1) is 0 Å². The molecule has 2 aromatic rings. The lowest BCUT2D eigenvalue weighted by Crippen LogP contribution is -2.22. The second-order valence-corrected chi connectivity index (χ2v) is 5.77. The lowest BCUT2D eigenvalue weighted by atomic mass is 10.0. The van der Waals surface area contributed by atoms with Crippen molar-refractivity contribution in [2.24, 2.45) is 17.6 Å². The summed E-state index contributed by atoms with van der Waals surface area (Å²) in [6.45, 7) is 1.91. The fraction of sp³-hybridized carbons (Fsp3) is 0.312. The molecule has 3 rings (SSSR count). The minimum absolute atomic E-state index is 0.0362. The fourth-order valence-corrected chi connectivity index (χ4v) is 2.61. The highest BCUT2D eigenvalue weighted by Crippen LogP contribution is 2.37. The number of nitrogens with one attached hydrogen (secondary N) is 2. The smallest absolute Gasteiger partial charge is 0.255 e. The van der Waals surface area contributed by atoms with E-state index in [9.17, 15) is 14.4 Å². The Kier molecular flexibility index (Phi) is 3.44. The molecule has 1 heterocycles. The van der Waals surface area contributed by atoms with Crippen LogP contribution in [0.1, 0.15) is 30.1 Å². The highest BCUT2D eigenvalue weighted by molar-refractivity contribution is 6.06. The second-order valence-electron chi connectivity index (χ2n) is 5.77. The third-order valence-electron chi connectivity index (χ3n) is 4.18. The van der Waals surface area contributed by atoms with Gasteiger partial charge < -0.3 is 16.0 Å². The lowest BCUT2D eigenvalue weighted by Gasteiger charge is -2.12. The Labute approximate surface area is 126 Å². The first kappa shape index (κ1) is 14.3. The molecule has 1 atom stereocenters. The minimum Gasteiger partial charge on any atom is -0.366 e. The Hall–Kier alpha value is -2.63. The van der Waals surface area contributed by atoms with Crippen LogP contribution in [0.3, 0.4) is 0 Å². The maximum atomic E-state index is 12.1. The summed E-state index contributed by atoms with van der Waals surface area (Å²) in [4.78, 5) is 37.9. The molecule has 1 aromatic heterocycles. The number of primary amides is 1. The van der Waals surface area contributed by atoms with Crippen LogP contribution in [-0.2, 0) is 4.79 Å². The number of carbonyl (C=O) groups excluding carboxylic acids is 2. The number of H-pyrrole nitrogens is 1. The van der Waals surface area contributed by atoms with Crippen LogP contribution in [0.4, 0.5) is 5.69 Å². The number of hydrogen-bond donors (Lipinski definition) is 3. The second kappa shape index (κ2) is 5.29. The molecule has 0 aliphatic heterocycles. The molecule has 2 amide bonds. The van der Waals surface area contributed by atoms with E-state index in [1.165, 1.54) is 6.20 Å². The third-order valence-corrected chi connectivity index (χ3v) is 4.18. The average Bonchev–Trinajstić information content (AvgIpc) is 3.31. The number of amides is 2. The Bertz CT molecular complexity index is 821. The number of aromatic nitrogens is 1. The highest BCUT2D eigenvalue weighted by Gasteiger charge is 2.32. The molecule has 1 aliphatic carbocycles. The van der Waals surface area contributed by atoms with E-state index in [2.05, 4.69) is 10.3 Å². The number of anilines is 1. The Balaban J connectivity index is 1.95. The van der Waals surface area contributed by atoms with Gasteiger partial charge in [-0.1, -0.05) is 13.0 Å². The number of benzene rings is 1. The first-order chi connectivity index (χ1) is 10.5. The molecule has 0 spiro atoms. The summed E-state index contributed by atoms with van der Waals surface area (Å²) >= 11 is 0. The van der Waals surface area contributed by atoms with E-state index < -0.39 is 5.91 Å². The maximum absolute atomic E-state index is 12.1. The molecule has 1 unspecified atom stereocenters. The summed E-state index contributed by atoms with van der Waals surface area (Å²) in [5.74, 6) is -0.235. The highest BCUT2D eigenvalue weighted by atomic mass is 16.2. The van der Waals surface area contributed by atoms with E-state index in [0.29, 0.717) is 22.4 Å². The summed E-state index contributed by atoms with van der Waals surface area (Å²) in [5, 5.41) is 3.63. The van der Waals surface area contributed by atoms with Gasteiger partial charge in [0, 0.05) is 28.6 Å². The Morgan fingerprint density at radius 2 is 2.05 bits per heavy atom. The van der Waals surface area contributed by atoms with Crippen molar-refractivity contribution in [1.29, 1.82) is 0 Å². The zero-order valence-electron chi connectivity index (χ0n) is 12.2. The zero-order valence-corrected chi connectivity index (χ0v) is 12.2. The van der Waals surface area contributed by atoms with Crippen molar-refractivity contribution in [3.63, 3.8) is 0 Å². The fourth-order valence-electron chi connectivity index (χ4n) is 2.61. The van der Waals surface area contributed by atoms with Gasteiger partial charge in [0.1, 0.15) is 0 Å². The topological polar surface area (TPSA) is 105 Å². The van der Waals surface area contributed by atoms with Crippen molar-refractivity contribution in [1.82, 2.24) is 4.98 Å². The molecule has 114 valence electrons. The molecule has 1 fully saturated rings. The number of nitrogens with two attached hydrogens (primary N) is 1. The van der Waals surface area contributed by atoms with Crippen LogP contribution < -0.4 is 16.6 Å². The van der Waals surface area contributed by atoms with Crippen LogP contribution in [0, 0.1) is 11.8 Å². The van der Waals surface area contributed by atoms with Crippen molar-refractivity contribution < 1.29 is 9.59 Å². The number of fused-ring (bicyclic) bond motifs is 1. The number of pyridine rings is 1. The molecule has 0 radical (unpaired) electrons. The van der Waals surface area contributed by atoms with Gasteiger partial charge >= 0.3 is 0 Å². The molecule has 0 bridgehead atoms. The number of aromatic amines is 1. The Morgan fingerprint density at radius 1 is 1.32 bits per heavy atom. The van der Waals surface area contributed by atoms with Crippen LogP contribution in [0.2, 0.25) is 0 Å². The standard InChI is InChI=1S/C16H17N3O3/c1-8(9-2-3-9)15(21)19-10-4-5-11-12(6-10)16(22)18-7-13(11)14(17)20/h4-9H,2-3H2,1H3,(H2,17,20)(H,18,22)(H,19,21). The molecular formula is C16H17N3O3. The largest absolute Gasteiger partial charge is 0.366 e. The number of carbonyl (C=O) groups is 2. The monoisotopic (exact) mass is 299 g/mol. The van der Waals surface area contributed by atoms with E-state index in [1.54, 1.807) is 18.2 Å². The maximum Gasteiger partial charge on any atom is 0.255 e. The quantitative estimate of drug-likeness (QED) is 0.798. The van der Waals surface area contributed by atoms with E-state index in [-0.39, 0.29) is 22.9 Å². The lowest BCUT2D eigenvalue weighted by molar-refractivity contribution is -0.119. The molecule has 6 heteroatoms. The number of rotatable bonds is 4. The van der Waals surface area contributed by atoms with Crippen molar-refractivity contribution >= 4 is 28.3 Å². The van der Waals surface area contributed by atoms with E-state index in [0.717, 1.165) is 12.8 Å². The summed E-state index contributed by atoms with van der Waals surface area (Å²) < 4.78 is 0. The van der Waals surface area contributed by atoms with Crippen LogP contribution in [0.25, 0.3) is 10.8 Å². The summed E-state index contributed by atoms with van der Waals surface area (Å²) in [7, 11) is 0. The minimum atomic E-state index is -0.611. The first-order valence-corrected chi connectivity index (χ1v) is 7.23. The molecule has 0 saturated heterocycles. The molecule has 6 nitrogen and oxygen atoms in total. The van der Waals surface area contributed by atoms with Crippen molar-refractivity contribution in [2.75, 3.05) is 5.32 Å². The van der Waals surface area contributed by atoms with Gasteiger partial charge in [-0.05, 0) is 30.9 Å². The van der Waals surface area contributed by atoms with Gasteiger partial charge in [0.25, 0.3) is 11.5 Å². The van der Waals surface area contributed by atoms with Gasteiger partial charge in [0.2, 0.25) is 5.91 Å². The van der Waals surface area contributed by atoms with Crippen LogP contribution in [-0.4, -0.2) is 16.8 Å². The van der Waals surface area contributed by atoms with Gasteiger partial charge in [-0.25, -0.2) is 0 Å². The molecule has 22 heavy (non-hydrogen) atoms. The van der Waals surface area contributed by atoms with Gasteiger partial charge in [-0.2, -0.15) is 0 Å². The summed E-state index contributed by atoms with van der Waals surface area (Å²) in [6, 6.07) is 4.87. The normalized spacial score (nSPS) is 15.5. The molecule has 4 N–H and O–H groups in total. The van der Waals surface area contributed by atoms with Gasteiger partial charge in [-0.3, -0.25) is 14.4 Å². The predicted molar refractivity (Wildman–Crippen MR) is 83.6 cm³/mol. The average molecular weight is 299 g/mol. The molecular weight excluding hydrogens is 282 g/mol. The van der Waals surface area contributed by atoms with E-state index in [1.807, 2.05) is 6.92 Å². The molecule has 1 saturated carbocycles. The SMILES string of the molecule is CC(C(=O)Nc1ccc2c(C(N)=O)c[nH]c(=O)c2c1)C1CC1. The van der Waals surface area contributed by atoms with Gasteiger partial charge in [0.05, 0.1) is 5.56 Å². The van der Waals surface area contributed by atoms with Crippen molar-refractivity contribution in [3.8, 4) is 0 Å². The predicted octanol–water partition coefficient (Wildman–Crippen LogP) is 1.61. The first-order valence-electron chi connectivity index (χ1n) is 7.23. The third kappa shape index (κ3) is 2.59. The zero-order chi connectivity index (χ0) is 15.9. The van der Waals surface area contributed by atoms with Gasteiger partial charge in [0.15, 0.2) is 0 Å². The molecule has 1 aromatic carbocycles. The number of hydrogen-bond acceptors (Lipinski definition) is 3. The van der Waals surface area contributed by atoms with Crippen LogP contribution in [0.15, 0.2) is 29.2 Å².